The zero-order valence-electron chi connectivity index (χ0n) is 8.57. The second-order valence-electron chi connectivity index (χ2n) is 2.60. The molecule has 0 N–H and O–H groups in total. The summed E-state index contributed by atoms with van der Waals surface area (Å²) in [7, 11) is 1.22. The molecule has 1 rings (SSSR count). The van der Waals surface area contributed by atoms with E-state index in [4.69, 9.17) is 4.74 Å². The van der Waals surface area contributed by atoms with Crippen molar-refractivity contribution >= 4 is 11.9 Å². The van der Waals surface area contributed by atoms with Gasteiger partial charge in [0.25, 0.3) is 0 Å². The van der Waals surface area contributed by atoms with E-state index in [1.54, 1.807) is 0 Å². The molecule has 0 aliphatic rings. The van der Waals surface area contributed by atoms with Gasteiger partial charge in [0, 0.05) is 12.2 Å². The van der Waals surface area contributed by atoms with Crippen LogP contribution in [0.25, 0.3) is 0 Å². The van der Waals surface area contributed by atoms with Crippen molar-refractivity contribution in [3.63, 3.8) is 0 Å². The maximum absolute atomic E-state index is 11.0. The Morgan fingerprint density at radius 1 is 1.38 bits per heavy atom. The minimum Gasteiger partial charge on any atom is -0.466 e. The fourth-order valence-corrected chi connectivity index (χ4v) is 0.775. The first-order valence-corrected chi connectivity index (χ1v) is 4.36. The number of esters is 2. The van der Waals surface area contributed by atoms with Crippen LogP contribution < -0.4 is 0 Å². The number of aromatic nitrogens is 4. The van der Waals surface area contributed by atoms with E-state index in [2.05, 4.69) is 20.3 Å². The van der Waals surface area contributed by atoms with Crippen molar-refractivity contribution in [2.75, 3.05) is 13.7 Å². The third-order valence-corrected chi connectivity index (χ3v) is 1.51. The Labute approximate surface area is 90.8 Å². The maximum Gasteiger partial charge on any atom is 0.331 e. The average molecular weight is 226 g/mol. The van der Waals surface area contributed by atoms with Gasteiger partial charge in [-0.1, -0.05) is 0 Å². The number of hydrogen-bond donors (Lipinski definition) is 0. The zero-order valence-corrected chi connectivity index (χ0v) is 8.57. The molecule has 0 radical (unpaired) electrons. The van der Waals surface area contributed by atoms with Gasteiger partial charge in [-0.2, -0.15) is 0 Å². The molecule has 0 saturated carbocycles. The van der Waals surface area contributed by atoms with Gasteiger partial charge in [-0.3, -0.25) is 0 Å². The van der Waals surface area contributed by atoms with Crippen LogP contribution in [-0.2, 0) is 25.6 Å². The molecule has 0 atom stereocenters. The monoisotopic (exact) mass is 226 g/mol. The fraction of sp³-hybridized carbons (Fsp3) is 0.375. The number of carbonyl (C=O) groups is 2. The number of tetrazole rings is 1. The molecule has 0 bridgehead atoms. The summed E-state index contributed by atoms with van der Waals surface area (Å²) in [5.41, 5.74) is 0. The number of ether oxygens (including phenoxy) is 2. The first-order valence-electron chi connectivity index (χ1n) is 4.36. The lowest BCUT2D eigenvalue weighted by Crippen LogP contribution is -2.10. The van der Waals surface area contributed by atoms with E-state index in [1.807, 2.05) is 0 Å². The molecule has 16 heavy (non-hydrogen) atoms. The van der Waals surface area contributed by atoms with Gasteiger partial charge >= 0.3 is 11.9 Å². The molecule has 0 fully saturated rings. The Balaban J connectivity index is 2.20. The van der Waals surface area contributed by atoms with Gasteiger partial charge in [0.05, 0.1) is 13.7 Å². The van der Waals surface area contributed by atoms with E-state index in [0.717, 1.165) is 12.2 Å². The summed E-state index contributed by atoms with van der Waals surface area (Å²) in [4.78, 5) is 21.6. The van der Waals surface area contributed by atoms with E-state index in [9.17, 15) is 9.59 Å². The van der Waals surface area contributed by atoms with Gasteiger partial charge in [0.2, 0.25) is 0 Å². The molecule has 0 spiro atoms. The zero-order chi connectivity index (χ0) is 11.8. The van der Waals surface area contributed by atoms with Crippen LogP contribution >= 0.6 is 0 Å². The normalized spacial score (nSPS) is 10.3. The summed E-state index contributed by atoms with van der Waals surface area (Å²) in [5, 5.41) is 10.4. The molecule has 8 heteroatoms. The van der Waals surface area contributed by atoms with Crippen LogP contribution in [0.4, 0.5) is 0 Å². The number of rotatable bonds is 5. The number of methoxy groups -OCH3 is 1. The first-order chi connectivity index (χ1) is 7.72. The molecule has 0 aliphatic heterocycles. The first kappa shape index (κ1) is 11.8. The van der Waals surface area contributed by atoms with Crippen LogP contribution in [0.3, 0.4) is 0 Å². The Morgan fingerprint density at radius 3 is 2.75 bits per heavy atom. The second-order valence-corrected chi connectivity index (χ2v) is 2.60. The van der Waals surface area contributed by atoms with E-state index in [-0.39, 0.29) is 6.61 Å². The minimum absolute atomic E-state index is 0.120. The van der Waals surface area contributed by atoms with Crippen molar-refractivity contribution < 1.29 is 19.1 Å². The molecule has 0 aliphatic carbocycles. The van der Waals surface area contributed by atoms with Crippen molar-refractivity contribution in [3.05, 3.63) is 18.5 Å². The van der Waals surface area contributed by atoms with Gasteiger partial charge in [0.1, 0.15) is 12.9 Å². The molecule has 1 aromatic heterocycles. The Hall–Kier alpha value is -2.25. The van der Waals surface area contributed by atoms with Crippen LogP contribution in [0.2, 0.25) is 0 Å². The molecule has 0 saturated heterocycles. The highest BCUT2D eigenvalue weighted by molar-refractivity contribution is 5.91. The van der Waals surface area contributed by atoms with Gasteiger partial charge in [-0.15, -0.1) is 5.10 Å². The Bertz CT molecular complexity index is 373. The molecule has 8 nitrogen and oxygen atoms in total. The standard InChI is InChI=1S/C8H10N4O4/c1-15-7(13)2-3-8(14)16-5-4-12-6-9-10-11-12/h2-3,6H,4-5H2,1H3/b3-2+. The van der Waals surface area contributed by atoms with Crippen LogP contribution in [0, 0.1) is 0 Å². The molecule has 0 unspecified atom stereocenters. The van der Waals surface area contributed by atoms with Gasteiger partial charge < -0.3 is 9.47 Å². The summed E-state index contributed by atoms with van der Waals surface area (Å²) in [6.07, 6.45) is 3.38. The SMILES string of the molecule is COC(=O)/C=C/C(=O)OCCn1cnnn1. The van der Waals surface area contributed by atoms with Crippen molar-refractivity contribution in [2.45, 2.75) is 6.54 Å². The highest BCUT2D eigenvalue weighted by Gasteiger charge is 2.00. The van der Waals surface area contributed by atoms with Crippen LogP contribution in [-0.4, -0.2) is 45.9 Å². The summed E-state index contributed by atoms with van der Waals surface area (Å²) in [5.74, 6) is -1.24. The largest absolute Gasteiger partial charge is 0.466 e. The van der Waals surface area contributed by atoms with Crippen LogP contribution in [0.1, 0.15) is 0 Å². The summed E-state index contributed by atoms with van der Waals surface area (Å²) in [6.45, 7) is 0.472. The minimum atomic E-state index is -0.626. The molecule has 1 heterocycles. The van der Waals surface area contributed by atoms with Gasteiger partial charge in [-0.05, 0) is 10.4 Å². The van der Waals surface area contributed by atoms with E-state index >= 15 is 0 Å². The third-order valence-electron chi connectivity index (χ3n) is 1.51. The molecular formula is C8H10N4O4. The quantitative estimate of drug-likeness (QED) is 0.466. The van der Waals surface area contributed by atoms with E-state index in [0.29, 0.717) is 6.54 Å². The average Bonchev–Trinajstić information content (AvgIpc) is 2.79. The Morgan fingerprint density at radius 2 is 2.12 bits per heavy atom. The van der Waals surface area contributed by atoms with Gasteiger partial charge in [0.15, 0.2) is 0 Å². The fourth-order valence-electron chi connectivity index (χ4n) is 0.775. The molecule has 0 amide bonds. The second kappa shape index (κ2) is 6.27. The van der Waals surface area contributed by atoms with Gasteiger partial charge in [-0.25, -0.2) is 14.3 Å². The maximum atomic E-state index is 11.0. The molecule has 0 aromatic carbocycles. The lowest BCUT2D eigenvalue weighted by atomic mass is 10.5. The number of carbonyl (C=O) groups excluding carboxylic acids is 2. The molecule has 1 aromatic rings. The van der Waals surface area contributed by atoms with Crippen LogP contribution in [0.15, 0.2) is 18.5 Å². The van der Waals surface area contributed by atoms with Crippen molar-refractivity contribution in [1.29, 1.82) is 0 Å². The topological polar surface area (TPSA) is 96.2 Å². The van der Waals surface area contributed by atoms with Crippen molar-refractivity contribution in [1.82, 2.24) is 20.2 Å². The summed E-state index contributed by atoms with van der Waals surface area (Å²) in [6, 6.07) is 0. The van der Waals surface area contributed by atoms with E-state index in [1.165, 1.54) is 18.1 Å². The molecular weight excluding hydrogens is 216 g/mol. The highest BCUT2D eigenvalue weighted by Crippen LogP contribution is 1.86. The third kappa shape index (κ3) is 4.31. The van der Waals surface area contributed by atoms with Crippen LogP contribution in [0.5, 0.6) is 0 Å². The Kier molecular flexibility index (Phi) is 4.64. The highest BCUT2D eigenvalue weighted by atomic mass is 16.5. The van der Waals surface area contributed by atoms with Crippen molar-refractivity contribution in [2.24, 2.45) is 0 Å². The van der Waals surface area contributed by atoms with E-state index < -0.39 is 11.9 Å². The summed E-state index contributed by atoms with van der Waals surface area (Å²) >= 11 is 0. The lowest BCUT2D eigenvalue weighted by molar-refractivity contribution is -0.139. The predicted octanol–water partition coefficient (Wildman–Crippen LogP) is -1.05. The van der Waals surface area contributed by atoms with Crippen molar-refractivity contribution in [3.8, 4) is 0 Å². The number of hydrogen-bond acceptors (Lipinski definition) is 7. The molecule has 86 valence electrons. The predicted molar refractivity (Wildman–Crippen MR) is 49.9 cm³/mol. The summed E-state index contributed by atoms with van der Waals surface area (Å²) < 4.78 is 10.5. The lowest BCUT2D eigenvalue weighted by Gasteiger charge is -2.00. The number of nitrogens with zero attached hydrogens (tertiary/aromatic N) is 4. The smallest absolute Gasteiger partial charge is 0.331 e.